The Hall–Kier alpha value is -3.12. The molecule has 1 unspecified atom stereocenters. The van der Waals surface area contributed by atoms with E-state index in [0.29, 0.717) is 28.6 Å². The summed E-state index contributed by atoms with van der Waals surface area (Å²) in [6.45, 7) is 0.161. The van der Waals surface area contributed by atoms with Crippen molar-refractivity contribution in [3.63, 3.8) is 0 Å². The van der Waals surface area contributed by atoms with Gasteiger partial charge in [-0.3, -0.25) is 4.79 Å². The van der Waals surface area contributed by atoms with Crippen molar-refractivity contribution in [2.24, 2.45) is 0 Å². The fourth-order valence-electron chi connectivity index (χ4n) is 3.55. The molecule has 0 bridgehead atoms. The monoisotopic (exact) mass is 422 g/mol. The second kappa shape index (κ2) is 8.32. The molecule has 0 aliphatic carbocycles. The van der Waals surface area contributed by atoms with Crippen LogP contribution in [0, 0.1) is 0 Å². The summed E-state index contributed by atoms with van der Waals surface area (Å²) in [6, 6.07) is 20.6. The van der Waals surface area contributed by atoms with Gasteiger partial charge in [-0.05, 0) is 36.4 Å². The third-order valence-corrected chi connectivity index (χ3v) is 6.49. The van der Waals surface area contributed by atoms with Crippen LogP contribution < -0.4 is 18.9 Å². The van der Waals surface area contributed by atoms with E-state index in [1.54, 1.807) is 45.6 Å². The van der Waals surface area contributed by atoms with Crippen LogP contribution in [0.5, 0.6) is 23.0 Å². The minimum absolute atomic E-state index is 0.0382. The molecule has 0 radical (unpaired) electrons. The van der Waals surface area contributed by atoms with E-state index < -0.39 is 4.75 Å². The average molecular weight is 423 g/mol. The molecule has 3 aromatic rings. The minimum Gasteiger partial charge on any atom is -0.497 e. The van der Waals surface area contributed by atoms with Crippen molar-refractivity contribution >= 4 is 17.5 Å². The van der Waals surface area contributed by atoms with Gasteiger partial charge in [0.15, 0.2) is 5.78 Å². The van der Waals surface area contributed by atoms with Crippen LogP contribution in [-0.2, 0) is 4.75 Å². The highest BCUT2D eigenvalue weighted by atomic mass is 32.2. The second-order valence-corrected chi connectivity index (χ2v) is 8.16. The smallest absolute Gasteiger partial charge is 0.191 e. The third-order valence-electron chi connectivity index (χ3n) is 5.11. The summed E-state index contributed by atoms with van der Waals surface area (Å²) in [5, 5.41) is 0. The Bertz CT molecular complexity index is 1070. The molecule has 30 heavy (non-hydrogen) atoms. The number of methoxy groups -OCH3 is 3. The number of hydrogen-bond acceptors (Lipinski definition) is 6. The molecular weight excluding hydrogens is 400 g/mol. The lowest BCUT2D eigenvalue weighted by molar-refractivity contribution is 0.0864. The normalized spacial score (nSPS) is 17.6. The molecule has 5 nitrogen and oxygen atoms in total. The zero-order valence-electron chi connectivity index (χ0n) is 17.0. The number of carbonyl (C=O) groups excluding carboxylic acids is 1. The number of ether oxygens (including phenoxy) is 4. The van der Waals surface area contributed by atoms with Gasteiger partial charge in [0.2, 0.25) is 0 Å². The number of benzene rings is 3. The van der Waals surface area contributed by atoms with Gasteiger partial charge in [-0.25, -0.2) is 0 Å². The quantitative estimate of drug-likeness (QED) is 0.559. The zero-order chi connectivity index (χ0) is 21.1. The highest BCUT2D eigenvalue weighted by molar-refractivity contribution is 8.01. The molecule has 6 heteroatoms. The summed E-state index contributed by atoms with van der Waals surface area (Å²) in [4.78, 5) is 14.9. The minimum atomic E-state index is -1.01. The number of rotatable bonds is 6. The molecule has 0 N–H and O–H groups in total. The van der Waals surface area contributed by atoms with E-state index in [-0.39, 0.29) is 12.4 Å². The molecule has 0 fully saturated rings. The second-order valence-electron chi connectivity index (χ2n) is 6.79. The van der Waals surface area contributed by atoms with Crippen LogP contribution in [0.4, 0.5) is 0 Å². The highest BCUT2D eigenvalue weighted by Crippen LogP contribution is 2.51. The lowest BCUT2D eigenvalue weighted by Gasteiger charge is -2.37. The van der Waals surface area contributed by atoms with Crippen LogP contribution in [0.3, 0.4) is 0 Å². The predicted molar refractivity (Wildman–Crippen MR) is 116 cm³/mol. The summed E-state index contributed by atoms with van der Waals surface area (Å²) in [5.74, 6) is 2.36. The maximum atomic E-state index is 13.9. The Kier molecular flexibility index (Phi) is 5.59. The van der Waals surface area contributed by atoms with Crippen molar-refractivity contribution in [2.45, 2.75) is 9.64 Å². The Balaban J connectivity index is 1.88. The van der Waals surface area contributed by atoms with E-state index in [2.05, 4.69) is 0 Å². The van der Waals surface area contributed by atoms with Gasteiger partial charge in [-0.1, -0.05) is 18.2 Å². The maximum absolute atomic E-state index is 13.9. The molecule has 3 aromatic carbocycles. The molecule has 0 saturated heterocycles. The summed E-state index contributed by atoms with van der Waals surface area (Å²) < 4.78 is 21.4. The molecule has 0 spiro atoms. The van der Waals surface area contributed by atoms with E-state index in [1.807, 2.05) is 42.5 Å². The van der Waals surface area contributed by atoms with E-state index in [9.17, 15) is 4.79 Å². The molecule has 1 heterocycles. The zero-order valence-corrected chi connectivity index (χ0v) is 17.8. The Morgan fingerprint density at radius 3 is 2.27 bits per heavy atom. The lowest BCUT2D eigenvalue weighted by atomic mass is 9.87. The van der Waals surface area contributed by atoms with E-state index >= 15 is 0 Å². The van der Waals surface area contributed by atoms with Crippen LogP contribution in [-0.4, -0.2) is 33.7 Å². The molecule has 4 rings (SSSR count). The molecule has 0 amide bonds. The van der Waals surface area contributed by atoms with Crippen molar-refractivity contribution in [1.29, 1.82) is 0 Å². The van der Waals surface area contributed by atoms with Crippen molar-refractivity contribution in [3.05, 3.63) is 77.9 Å². The molecule has 1 atom stereocenters. The van der Waals surface area contributed by atoms with E-state index in [0.717, 1.165) is 10.5 Å². The fraction of sp³-hybridized carbons (Fsp3) is 0.208. The highest BCUT2D eigenvalue weighted by Gasteiger charge is 2.48. The predicted octanol–water partition coefficient (Wildman–Crippen LogP) is 4.98. The topological polar surface area (TPSA) is 54.0 Å². The average Bonchev–Trinajstić information content (AvgIpc) is 2.81. The number of Topliss-reactive ketones (excluding diaryl/α,β-unsaturated/α-hetero) is 1. The van der Waals surface area contributed by atoms with E-state index in [1.165, 1.54) is 11.8 Å². The summed E-state index contributed by atoms with van der Waals surface area (Å²) in [7, 11) is 4.78. The maximum Gasteiger partial charge on any atom is 0.191 e. The van der Waals surface area contributed by atoms with Crippen LogP contribution in [0.15, 0.2) is 71.6 Å². The summed E-state index contributed by atoms with van der Waals surface area (Å²) >= 11 is 1.46. The standard InChI is InChI=1S/C24H22O5S/c1-26-16-9-11-19-21(13-16)29-15-24(23(19)25,30-18-7-5-4-6-8-18)20-12-10-17(27-2)14-22(20)28-3/h4-14H,15H2,1-3H3. The number of hydrogen-bond donors (Lipinski definition) is 0. The van der Waals surface area contributed by atoms with Crippen molar-refractivity contribution < 1.29 is 23.7 Å². The number of thioether (sulfide) groups is 1. The first-order valence-electron chi connectivity index (χ1n) is 9.43. The van der Waals surface area contributed by atoms with Gasteiger partial charge in [-0.2, -0.15) is 0 Å². The lowest BCUT2D eigenvalue weighted by Crippen LogP contribution is -2.42. The Morgan fingerprint density at radius 2 is 1.57 bits per heavy atom. The van der Waals surface area contributed by atoms with Crippen molar-refractivity contribution in [3.8, 4) is 23.0 Å². The number of fused-ring (bicyclic) bond motifs is 1. The van der Waals surface area contributed by atoms with Gasteiger partial charge in [0.25, 0.3) is 0 Å². The first-order valence-corrected chi connectivity index (χ1v) is 10.2. The van der Waals surface area contributed by atoms with Crippen LogP contribution >= 0.6 is 11.8 Å². The first-order chi connectivity index (χ1) is 14.6. The van der Waals surface area contributed by atoms with Gasteiger partial charge in [0.1, 0.15) is 34.4 Å². The van der Waals surface area contributed by atoms with Gasteiger partial charge in [0.05, 0.1) is 26.9 Å². The van der Waals surface area contributed by atoms with Gasteiger partial charge in [0, 0.05) is 22.6 Å². The molecule has 1 aliphatic rings. The largest absolute Gasteiger partial charge is 0.497 e. The molecule has 0 aromatic heterocycles. The van der Waals surface area contributed by atoms with Crippen molar-refractivity contribution in [1.82, 2.24) is 0 Å². The molecule has 0 saturated carbocycles. The summed E-state index contributed by atoms with van der Waals surface area (Å²) in [6.07, 6.45) is 0. The Morgan fingerprint density at radius 1 is 0.867 bits per heavy atom. The first kappa shape index (κ1) is 20.2. The van der Waals surface area contributed by atoms with Crippen LogP contribution in [0.1, 0.15) is 15.9 Å². The third kappa shape index (κ3) is 3.48. The van der Waals surface area contributed by atoms with Gasteiger partial charge < -0.3 is 18.9 Å². The molecule has 154 valence electrons. The van der Waals surface area contributed by atoms with Gasteiger partial charge >= 0.3 is 0 Å². The Labute approximate surface area is 179 Å². The molecular formula is C24H22O5S. The molecule has 1 aliphatic heterocycles. The van der Waals surface area contributed by atoms with Crippen molar-refractivity contribution in [2.75, 3.05) is 27.9 Å². The van der Waals surface area contributed by atoms with Crippen LogP contribution in [0.25, 0.3) is 0 Å². The van der Waals surface area contributed by atoms with Crippen LogP contribution in [0.2, 0.25) is 0 Å². The number of ketones is 1. The summed E-state index contributed by atoms with van der Waals surface area (Å²) in [5.41, 5.74) is 1.26. The fourth-order valence-corrected chi connectivity index (χ4v) is 4.85. The van der Waals surface area contributed by atoms with Gasteiger partial charge in [-0.15, -0.1) is 11.8 Å². The number of carbonyl (C=O) groups is 1. The SMILES string of the molecule is COc1ccc2c(c1)OCC(Sc1ccccc1)(c1ccc(OC)cc1OC)C2=O. The van der Waals surface area contributed by atoms with E-state index in [4.69, 9.17) is 18.9 Å².